The van der Waals surface area contributed by atoms with Gasteiger partial charge < -0.3 is 5.43 Å². The lowest BCUT2D eigenvalue weighted by atomic mass is 10.3. The van der Waals surface area contributed by atoms with Crippen molar-refractivity contribution in [1.82, 2.24) is 10.2 Å². The molecule has 0 amide bonds. The zero-order valence-electron chi connectivity index (χ0n) is 9.68. The standard InChI is InChI=1S/C8H8N6O4S2/c9-11-6-2-1-5(3-7(6)14(15)16)20(17,18)13-8-12-10-4-19-8/h1-4,11H,9H2,(H,12,13). The van der Waals surface area contributed by atoms with Gasteiger partial charge in [0.05, 0.1) is 9.82 Å². The molecule has 20 heavy (non-hydrogen) atoms. The van der Waals surface area contributed by atoms with Crippen LogP contribution in [0.1, 0.15) is 0 Å². The highest BCUT2D eigenvalue weighted by molar-refractivity contribution is 7.93. The number of hydrazine groups is 1. The van der Waals surface area contributed by atoms with Crippen molar-refractivity contribution in [3.8, 4) is 0 Å². The van der Waals surface area contributed by atoms with Crippen LogP contribution in [0.2, 0.25) is 0 Å². The summed E-state index contributed by atoms with van der Waals surface area (Å²) in [4.78, 5) is 9.84. The fraction of sp³-hybridized carbons (Fsp3) is 0. The molecule has 0 aliphatic heterocycles. The van der Waals surface area contributed by atoms with Crippen LogP contribution in [0.4, 0.5) is 16.5 Å². The van der Waals surface area contributed by atoms with E-state index in [1.807, 2.05) is 0 Å². The third-order valence-electron chi connectivity index (χ3n) is 2.21. The molecule has 0 bridgehead atoms. The van der Waals surface area contributed by atoms with Crippen molar-refractivity contribution < 1.29 is 13.3 Å². The molecule has 0 aliphatic rings. The summed E-state index contributed by atoms with van der Waals surface area (Å²) in [6.45, 7) is 0. The highest BCUT2D eigenvalue weighted by Gasteiger charge is 2.22. The van der Waals surface area contributed by atoms with E-state index in [2.05, 4.69) is 20.3 Å². The molecule has 2 rings (SSSR count). The summed E-state index contributed by atoms with van der Waals surface area (Å²) in [5, 5.41) is 17.9. The number of nitrogens with one attached hydrogen (secondary N) is 2. The van der Waals surface area contributed by atoms with Gasteiger partial charge in [-0.3, -0.25) is 20.7 Å². The molecule has 1 heterocycles. The number of sulfonamides is 1. The first kappa shape index (κ1) is 14.1. The number of hydrogen-bond acceptors (Lipinski definition) is 9. The van der Waals surface area contributed by atoms with Gasteiger partial charge in [-0.05, 0) is 12.1 Å². The Morgan fingerprint density at radius 2 is 2.15 bits per heavy atom. The maximum atomic E-state index is 12.0. The largest absolute Gasteiger partial charge is 0.318 e. The smallest absolute Gasteiger partial charge is 0.295 e. The van der Waals surface area contributed by atoms with Gasteiger partial charge in [0.15, 0.2) is 0 Å². The van der Waals surface area contributed by atoms with Gasteiger partial charge in [0.25, 0.3) is 15.7 Å². The van der Waals surface area contributed by atoms with Crippen LogP contribution in [0.3, 0.4) is 0 Å². The first-order chi connectivity index (χ1) is 9.44. The van der Waals surface area contributed by atoms with Crippen molar-refractivity contribution in [3.63, 3.8) is 0 Å². The van der Waals surface area contributed by atoms with Gasteiger partial charge in [-0.2, -0.15) is 0 Å². The van der Waals surface area contributed by atoms with Gasteiger partial charge in [0.2, 0.25) is 5.13 Å². The van der Waals surface area contributed by atoms with E-state index < -0.39 is 20.6 Å². The van der Waals surface area contributed by atoms with Gasteiger partial charge in [0.1, 0.15) is 11.2 Å². The van der Waals surface area contributed by atoms with Crippen LogP contribution in [-0.4, -0.2) is 23.5 Å². The van der Waals surface area contributed by atoms with E-state index in [1.165, 1.54) is 17.6 Å². The molecule has 0 saturated heterocycles. The first-order valence-electron chi connectivity index (χ1n) is 4.98. The number of hydrogen-bond donors (Lipinski definition) is 3. The Balaban J connectivity index is 2.42. The molecule has 0 spiro atoms. The molecule has 12 heteroatoms. The van der Waals surface area contributed by atoms with Gasteiger partial charge in [-0.25, -0.2) is 8.42 Å². The third-order valence-corrected chi connectivity index (χ3v) is 4.29. The summed E-state index contributed by atoms with van der Waals surface area (Å²) < 4.78 is 26.2. The fourth-order valence-electron chi connectivity index (χ4n) is 1.34. The summed E-state index contributed by atoms with van der Waals surface area (Å²) in [6, 6.07) is 3.29. The Labute approximate surface area is 116 Å². The lowest BCUT2D eigenvalue weighted by Gasteiger charge is -2.06. The summed E-state index contributed by atoms with van der Waals surface area (Å²) >= 11 is 0.984. The lowest BCUT2D eigenvalue weighted by molar-refractivity contribution is -0.384. The van der Waals surface area contributed by atoms with E-state index >= 15 is 0 Å². The van der Waals surface area contributed by atoms with Gasteiger partial charge >= 0.3 is 0 Å². The number of nitro benzene ring substituents is 1. The van der Waals surface area contributed by atoms with E-state index in [4.69, 9.17) is 5.84 Å². The van der Waals surface area contributed by atoms with E-state index in [0.717, 1.165) is 17.4 Å². The van der Waals surface area contributed by atoms with Gasteiger partial charge in [0, 0.05) is 6.07 Å². The van der Waals surface area contributed by atoms with Gasteiger partial charge in [-0.15, -0.1) is 10.2 Å². The number of rotatable bonds is 5. The second-order valence-electron chi connectivity index (χ2n) is 3.43. The summed E-state index contributed by atoms with van der Waals surface area (Å²) in [7, 11) is -3.98. The summed E-state index contributed by atoms with van der Waals surface area (Å²) in [5.41, 5.74) is 3.03. The predicted octanol–water partition coefficient (Wildman–Crippen LogP) is 0.533. The maximum Gasteiger partial charge on any atom is 0.295 e. The lowest BCUT2D eigenvalue weighted by Crippen LogP contribution is -2.14. The minimum absolute atomic E-state index is 0.00450. The number of aromatic nitrogens is 2. The van der Waals surface area contributed by atoms with E-state index in [1.54, 1.807) is 0 Å². The molecule has 0 atom stereocenters. The second kappa shape index (κ2) is 5.36. The molecular formula is C8H8N6O4S2. The van der Waals surface area contributed by atoms with Crippen LogP contribution in [-0.2, 0) is 10.0 Å². The van der Waals surface area contributed by atoms with Gasteiger partial charge in [-0.1, -0.05) is 11.3 Å². The molecule has 0 unspecified atom stereocenters. The van der Waals surface area contributed by atoms with Crippen molar-refractivity contribution in [2.45, 2.75) is 4.90 Å². The molecule has 10 nitrogen and oxygen atoms in total. The number of nitrogens with two attached hydrogens (primary N) is 1. The Hall–Kier alpha value is -2.31. The van der Waals surface area contributed by atoms with Crippen molar-refractivity contribution in [1.29, 1.82) is 0 Å². The van der Waals surface area contributed by atoms with Crippen molar-refractivity contribution in [2.24, 2.45) is 5.84 Å². The number of nitrogens with zero attached hydrogens (tertiary/aromatic N) is 3. The van der Waals surface area contributed by atoms with E-state index in [9.17, 15) is 18.5 Å². The summed E-state index contributed by atoms with van der Waals surface area (Å²) in [5.74, 6) is 5.12. The maximum absolute atomic E-state index is 12.0. The van der Waals surface area contributed by atoms with Crippen LogP contribution >= 0.6 is 11.3 Å². The van der Waals surface area contributed by atoms with Crippen LogP contribution < -0.4 is 16.0 Å². The Morgan fingerprint density at radius 3 is 2.70 bits per heavy atom. The zero-order valence-corrected chi connectivity index (χ0v) is 11.3. The number of benzene rings is 1. The summed E-state index contributed by atoms with van der Waals surface area (Å²) in [6.07, 6.45) is 0. The second-order valence-corrected chi connectivity index (χ2v) is 5.95. The molecule has 0 fully saturated rings. The van der Waals surface area contributed by atoms with Crippen LogP contribution in [0, 0.1) is 10.1 Å². The normalized spacial score (nSPS) is 11.1. The molecule has 0 radical (unpaired) electrons. The minimum atomic E-state index is -3.98. The van der Waals surface area contributed by atoms with Crippen molar-refractivity contribution >= 4 is 37.9 Å². The number of nitrogen functional groups attached to an aromatic ring is 1. The predicted molar refractivity (Wildman–Crippen MR) is 71.6 cm³/mol. The number of anilines is 2. The van der Waals surface area contributed by atoms with Crippen molar-refractivity contribution in [3.05, 3.63) is 33.8 Å². The average Bonchev–Trinajstić information content (AvgIpc) is 2.89. The third kappa shape index (κ3) is 2.81. The first-order valence-corrected chi connectivity index (χ1v) is 7.34. The molecule has 4 N–H and O–H groups in total. The van der Waals surface area contributed by atoms with E-state index in [0.29, 0.717) is 0 Å². The average molecular weight is 316 g/mol. The molecule has 0 aliphatic carbocycles. The molecule has 0 saturated carbocycles. The van der Waals surface area contributed by atoms with Crippen LogP contribution in [0.25, 0.3) is 0 Å². The molecule has 2 aromatic rings. The molecule has 1 aromatic heterocycles. The molecule has 1 aromatic carbocycles. The monoisotopic (exact) mass is 316 g/mol. The van der Waals surface area contributed by atoms with E-state index in [-0.39, 0.29) is 15.7 Å². The highest BCUT2D eigenvalue weighted by Crippen LogP contribution is 2.27. The Morgan fingerprint density at radius 1 is 1.40 bits per heavy atom. The Kier molecular flexibility index (Phi) is 3.78. The Bertz CT molecular complexity index is 729. The topological polar surface area (TPSA) is 153 Å². The quantitative estimate of drug-likeness (QED) is 0.410. The minimum Gasteiger partial charge on any atom is -0.318 e. The fourth-order valence-corrected chi connectivity index (χ4v) is 3.06. The van der Waals surface area contributed by atoms with Crippen LogP contribution in [0.5, 0.6) is 0 Å². The van der Waals surface area contributed by atoms with Crippen molar-refractivity contribution in [2.75, 3.05) is 10.1 Å². The SMILES string of the molecule is NNc1ccc(S(=O)(=O)Nc2nncs2)cc1[N+](=O)[O-]. The molecule has 106 valence electrons. The highest BCUT2D eigenvalue weighted by atomic mass is 32.2. The number of nitro groups is 1. The zero-order chi connectivity index (χ0) is 14.8. The van der Waals surface area contributed by atoms with Crippen LogP contribution in [0.15, 0.2) is 28.6 Å². The molecular weight excluding hydrogens is 308 g/mol.